The molecular weight excluding hydrogens is 236 g/mol. The van der Waals surface area contributed by atoms with Crippen molar-refractivity contribution in [3.63, 3.8) is 0 Å². The minimum atomic E-state index is -0.182. The van der Waals surface area contributed by atoms with Crippen molar-refractivity contribution in [1.82, 2.24) is 10.1 Å². The van der Waals surface area contributed by atoms with Gasteiger partial charge in [0, 0.05) is 25.7 Å². The fourth-order valence-electron chi connectivity index (χ4n) is 2.11. The third kappa shape index (κ3) is 2.41. The Labute approximate surface area is 103 Å². The van der Waals surface area contributed by atoms with Crippen molar-refractivity contribution in [3.8, 4) is 10.6 Å². The van der Waals surface area contributed by atoms with Gasteiger partial charge < -0.3 is 9.63 Å². The van der Waals surface area contributed by atoms with Gasteiger partial charge >= 0.3 is 0 Å². The molecule has 0 amide bonds. The van der Waals surface area contributed by atoms with Gasteiger partial charge in [0.1, 0.15) is 0 Å². The average molecular weight is 250 g/mol. The van der Waals surface area contributed by atoms with Crippen molar-refractivity contribution >= 4 is 11.3 Å². The van der Waals surface area contributed by atoms with Gasteiger partial charge in [-0.05, 0) is 17.9 Å². The van der Waals surface area contributed by atoms with Crippen LogP contribution in [-0.4, -0.2) is 34.4 Å². The van der Waals surface area contributed by atoms with Crippen LogP contribution >= 0.6 is 11.3 Å². The quantitative estimate of drug-likeness (QED) is 0.904. The van der Waals surface area contributed by atoms with Gasteiger partial charge in [0.15, 0.2) is 5.76 Å². The molecule has 1 N–H and O–H groups in total. The molecule has 2 aromatic heterocycles. The second kappa shape index (κ2) is 4.60. The summed E-state index contributed by atoms with van der Waals surface area (Å²) in [5, 5.41) is 15.5. The van der Waals surface area contributed by atoms with Crippen LogP contribution in [0.5, 0.6) is 0 Å². The fraction of sp³-hybridized carbons (Fsp3) is 0.417. The lowest BCUT2D eigenvalue weighted by Crippen LogP contribution is -2.21. The predicted octanol–water partition coefficient (Wildman–Crippen LogP) is 1.97. The summed E-state index contributed by atoms with van der Waals surface area (Å²) in [7, 11) is 0. The van der Waals surface area contributed by atoms with E-state index < -0.39 is 0 Å². The molecule has 3 heterocycles. The second-order valence-electron chi connectivity index (χ2n) is 4.34. The first-order chi connectivity index (χ1) is 8.31. The Kier molecular flexibility index (Phi) is 2.96. The lowest BCUT2D eigenvalue weighted by Gasteiger charge is -2.11. The highest BCUT2D eigenvalue weighted by molar-refractivity contribution is 7.13. The molecule has 3 rings (SSSR count). The van der Waals surface area contributed by atoms with Gasteiger partial charge in [0.05, 0.1) is 16.7 Å². The summed E-state index contributed by atoms with van der Waals surface area (Å²) < 4.78 is 5.32. The van der Waals surface area contributed by atoms with Crippen LogP contribution in [0.1, 0.15) is 12.1 Å². The van der Waals surface area contributed by atoms with Gasteiger partial charge in [0.2, 0.25) is 0 Å². The molecule has 90 valence electrons. The lowest BCUT2D eigenvalue weighted by molar-refractivity contribution is 0.174. The van der Waals surface area contributed by atoms with E-state index in [2.05, 4.69) is 10.1 Å². The van der Waals surface area contributed by atoms with E-state index in [9.17, 15) is 5.11 Å². The molecule has 1 aliphatic heterocycles. The Hall–Kier alpha value is -1.17. The number of β-amino-alcohol motifs (C(OH)–C–C–N with tert-alkyl or cyclic N) is 1. The maximum absolute atomic E-state index is 9.45. The Morgan fingerprint density at radius 1 is 1.59 bits per heavy atom. The maximum Gasteiger partial charge on any atom is 0.177 e. The summed E-state index contributed by atoms with van der Waals surface area (Å²) in [6.45, 7) is 2.43. The smallest absolute Gasteiger partial charge is 0.177 e. The first-order valence-electron chi connectivity index (χ1n) is 5.71. The molecule has 0 aliphatic carbocycles. The van der Waals surface area contributed by atoms with Crippen LogP contribution in [0.3, 0.4) is 0 Å². The minimum Gasteiger partial charge on any atom is -0.392 e. The third-order valence-electron chi connectivity index (χ3n) is 2.96. The molecular formula is C12H14N2O2S. The zero-order valence-electron chi connectivity index (χ0n) is 9.37. The molecule has 2 aromatic rings. The Bertz CT molecular complexity index is 480. The van der Waals surface area contributed by atoms with Gasteiger partial charge in [-0.1, -0.05) is 11.2 Å². The molecule has 0 spiro atoms. The van der Waals surface area contributed by atoms with E-state index in [0.29, 0.717) is 0 Å². The Morgan fingerprint density at radius 2 is 2.53 bits per heavy atom. The molecule has 17 heavy (non-hydrogen) atoms. The monoisotopic (exact) mass is 250 g/mol. The van der Waals surface area contributed by atoms with Crippen molar-refractivity contribution in [3.05, 3.63) is 29.3 Å². The molecule has 0 aromatic carbocycles. The van der Waals surface area contributed by atoms with Gasteiger partial charge in [-0.2, -0.15) is 0 Å². The van der Waals surface area contributed by atoms with Crippen molar-refractivity contribution in [2.45, 2.75) is 19.1 Å². The number of hydrogen-bond donors (Lipinski definition) is 1. The van der Waals surface area contributed by atoms with E-state index >= 15 is 0 Å². The number of nitrogens with zero attached hydrogens (tertiary/aromatic N) is 2. The molecule has 1 saturated heterocycles. The van der Waals surface area contributed by atoms with Crippen LogP contribution < -0.4 is 0 Å². The summed E-state index contributed by atoms with van der Waals surface area (Å²) in [5.41, 5.74) is 0.933. The molecule has 1 atom stereocenters. The Balaban J connectivity index is 1.69. The molecule has 0 bridgehead atoms. The van der Waals surface area contributed by atoms with Crippen LogP contribution in [0.15, 0.2) is 28.1 Å². The highest BCUT2D eigenvalue weighted by Gasteiger charge is 2.21. The van der Waals surface area contributed by atoms with Gasteiger partial charge in [-0.15, -0.1) is 11.3 Å². The number of likely N-dealkylation sites (tertiary alicyclic amines) is 1. The molecule has 0 radical (unpaired) electrons. The van der Waals surface area contributed by atoms with Gasteiger partial charge in [-0.25, -0.2) is 0 Å². The highest BCUT2D eigenvalue weighted by atomic mass is 32.1. The number of rotatable bonds is 3. The van der Waals surface area contributed by atoms with E-state index in [1.807, 2.05) is 23.6 Å². The summed E-state index contributed by atoms with van der Waals surface area (Å²) >= 11 is 1.65. The topological polar surface area (TPSA) is 49.5 Å². The van der Waals surface area contributed by atoms with Crippen LogP contribution in [0.2, 0.25) is 0 Å². The zero-order valence-corrected chi connectivity index (χ0v) is 10.2. The number of aromatic nitrogens is 1. The first kappa shape index (κ1) is 11.0. The zero-order chi connectivity index (χ0) is 11.7. The van der Waals surface area contributed by atoms with Crippen molar-refractivity contribution < 1.29 is 9.63 Å². The third-order valence-corrected chi connectivity index (χ3v) is 3.84. The average Bonchev–Trinajstić information content (AvgIpc) is 3.00. The number of aliphatic hydroxyl groups excluding tert-OH is 1. The Morgan fingerprint density at radius 3 is 3.24 bits per heavy atom. The largest absolute Gasteiger partial charge is 0.392 e. The van der Waals surface area contributed by atoms with Gasteiger partial charge in [0.25, 0.3) is 0 Å². The minimum absolute atomic E-state index is 0.182. The van der Waals surface area contributed by atoms with Gasteiger partial charge in [-0.3, -0.25) is 4.90 Å². The number of hydrogen-bond acceptors (Lipinski definition) is 5. The SMILES string of the molecule is OC1CCN(Cc2cc(-c3cccs3)on2)C1. The standard InChI is InChI=1S/C12H14N2O2S/c15-10-3-4-14(8-10)7-9-6-11(16-13-9)12-2-1-5-17-12/h1-2,5-6,10,15H,3-4,7-8H2. The maximum atomic E-state index is 9.45. The van der Waals surface area contributed by atoms with Crippen LogP contribution in [-0.2, 0) is 6.54 Å². The second-order valence-corrected chi connectivity index (χ2v) is 5.29. The lowest BCUT2D eigenvalue weighted by atomic mass is 10.3. The predicted molar refractivity (Wildman–Crippen MR) is 65.7 cm³/mol. The molecule has 1 fully saturated rings. The molecule has 1 unspecified atom stereocenters. The summed E-state index contributed by atoms with van der Waals surface area (Å²) in [6, 6.07) is 6.00. The molecule has 1 aliphatic rings. The van der Waals surface area contributed by atoms with Crippen LogP contribution in [0.25, 0.3) is 10.6 Å². The normalized spacial score (nSPS) is 21.1. The highest BCUT2D eigenvalue weighted by Crippen LogP contribution is 2.25. The summed E-state index contributed by atoms with van der Waals surface area (Å²) in [4.78, 5) is 3.30. The van der Waals surface area contributed by atoms with Crippen LogP contribution in [0, 0.1) is 0 Å². The number of thiophene rings is 1. The molecule has 0 saturated carbocycles. The van der Waals surface area contributed by atoms with E-state index in [1.165, 1.54) is 0 Å². The summed E-state index contributed by atoms with van der Waals surface area (Å²) in [5.74, 6) is 0.828. The van der Waals surface area contributed by atoms with Crippen molar-refractivity contribution in [2.75, 3.05) is 13.1 Å². The van der Waals surface area contributed by atoms with E-state index in [0.717, 1.165) is 42.4 Å². The van der Waals surface area contributed by atoms with E-state index in [1.54, 1.807) is 11.3 Å². The number of aliphatic hydroxyl groups is 1. The van der Waals surface area contributed by atoms with E-state index in [4.69, 9.17) is 4.52 Å². The van der Waals surface area contributed by atoms with Crippen LogP contribution in [0.4, 0.5) is 0 Å². The summed E-state index contributed by atoms with van der Waals surface area (Å²) in [6.07, 6.45) is 0.675. The van der Waals surface area contributed by atoms with E-state index in [-0.39, 0.29) is 6.10 Å². The molecule has 4 nitrogen and oxygen atoms in total. The fourth-order valence-corrected chi connectivity index (χ4v) is 2.78. The first-order valence-corrected chi connectivity index (χ1v) is 6.59. The molecule has 5 heteroatoms. The van der Waals surface area contributed by atoms with Crippen molar-refractivity contribution in [1.29, 1.82) is 0 Å². The van der Waals surface area contributed by atoms with Crippen molar-refractivity contribution in [2.24, 2.45) is 0 Å².